The molecule has 0 aromatic rings. The Morgan fingerprint density at radius 1 is 0.600 bits per heavy atom. The highest BCUT2D eigenvalue weighted by atomic mass is 15.0. The van der Waals surface area contributed by atoms with E-state index in [4.69, 9.17) is 0 Å². The Bertz CT molecular complexity index is 196. The van der Waals surface area contributed by atoms with Crippen LogP contribution in [-0.4, -0.2) is 25.5 Å². The highest BCUT2D eigenvalue weighted by molar-refractivity contribution is 4.83. The zero-order valence-corrected chi connectivity index (χ0v) is 14.5. The summed E-state index contributed by atoms with van der Waals surface area (Å²) in [6.45, 7) is 3.37. The van der Waals surface area contributed by atoms with E-state index in [2.05, 4.69) is 38.1 Å². The maximum atomic E-state index is 2.34. The van der Waals surface area contributed by atoms with Crippen molar-refractivity contribution in [2.75, 3.05) is 20.6 Å². The van der Waals surface area contributed by atoms with Crippen molar-refractivity contribution in [1.82, 2.24) is 4.90 Å². The molecule has 0 aliphatic heterocycles. The first kappa shape index (κ1) is 19.7. The van der Waals surface area contributed by atoms with Gasteiger partial charge in [-0.05, 0) is 26.9 Å². The molecule has 20 heavy (non-hydrogen) atoms. The molecule has 1 heteroatoms. The summed E-state index contributed by atoms with van der Waals surface area (Å²) < 4.78 is 0. The lowest BCUT2D eigenvalue weighted by molar-refractivity contribution is 0.456. The molecule has 0 fully saturated rings. The molecule has 0 amide bonds. The lowest BCUT2D eigenvalue weighted by Crippen LogP contribution is -2.10. The van der Waals surface area contributed by atoms with Crippen LogP contribution in [0.1, 0.15) is 90.4 Å². The van der Waals surface area contributed by atoms with E-state index >= 15 is 0 Å². The van der Waals surface area contributed by atoms with Gasteiger partial charge in [-0.1, -0.05) is 89.7 Å². The van der Waals surface area contributed by atoms with E-state index in [-0.39, 0.29) is 0 Å². The van der Waals surface area contributed by atoms with Crippen LogP contribution in [0.3, 0.4) is 0 Å². The van der Waals surface area contributed by atoms with Crippen molar-refractivity contribution >= 4 is 0 Å². The molecule has 0 rings (SSSR count). The van der Waals surface area contributed by atoms with Gasteiger partial charge in [0.2, 0.25) is 0 Å². The van der Waals surface area contributed by atoms with Crippen molar-refractivity contribution < 1.29 is 0 Å². The Kier molecular flexibility index (Phi) is 16.5. The highest BCUT2D eigenvalue weighted by Gasteiger charge is 1.93. The second-order valence-electron chi connectivity index (χ2n) is 6.41. The predicted molar refractivity (Wildman–Crippen MR) is 93.4 cm³/mol. The van der Waals surface area contributed by atoms with Gasteiger partial charge in [-0.2, -0.15) is 0 Å². The van der Waals surface area contributed by atoms with Crippen LogP contribution < -0.4 is 0 Å². The number of likely N-dealkylation sites (N-methyl/N-ethyl adjacent to an activating group) is 1. The minimum Gasteiger partial charge on any atom is -0.306 e. The maximum Gasteiger partial charge on any atom is 0.0157 e. The number of nitrogens with zero attached hydrogens (tertiary/aromatic N) is 1. The van der Waals surface area contributed by atoms with Crippen molar-refractivity contribution in [2.24, 2.45) is 0 Å². The lowest BCUT2D eigenvalue weighted by Gasteiger charge is -2.04. The Morgan fingerprint density at radius 3 is 1.50 bits per heavy atom. The van der Waals surface area contributed by atoms with E-state index in [0.29, 0.717) is 0 Å². The number of allylic oxidation sites excluding steroid dienone is 1. The fraction of sp³-hybridized carbons (Fsp3) is 0.895. The van der Waals surface area contributed by atoms with E-state index in [1.807, 2.05) is 0 Å². The van der Waals surface area contributed by atoms with E-state index in [1.165, 1.54) is 83.5 Å². The molecule has 0 radical (unpaired) electrons. The third kappa shape index (κ3) is 17.7. The van der Waals surface area contributed by atoms with Gasteiger partial charge in [0.15, 0.2) is 0 Å². The zero-order chi connectivity index (χ0) is 14.9. The number of hydrogen-bond acceptors (Lipinski definition) is 1. The molecule has 0 bridgehead atoms. The predicted octanol–water partition coefficient (Wildman–Crippen LogP) is 6.20. The van der Waals surface area contributed by atoms with E-state index < -0.39 is 0 Å². The molecule has 0 saturated heterocycles. The van der Waals surface area contributed by atoms with Gasteiger partial charge in [-0.15, -0.1) is 0 Å². The minimum absolute atomic E-state index is 1.08. The summed E-state index contributed by atoms with van der Waals surface area (Å²) in [5, 5.41) is 0. The average molecular weight is 282 g/mol. The quantitative estimate of drug-likeness (QED) is 0.255. The maximum absolute atomic E-state index is 2.34. The largest absolute Gasteiger partial charge is 0.306 e. The number of hydrogen-bond donors (Lipinski definition) is 0. The van der Waals surface area contributed by atoms with Crippen LogP contribution in [0, 0.1) is 0 Å². The Balaban J connectivity index is 3.01. The third-order valence-electron chi connectivity index (χ3n) is 3.86. The molecular formula is C19H39N. The summed E-state index contributed by atoms with van der Waals surface area (Å²) in [6.07, 6.45) is 23.2. The molecule has 0 unspecified atom stereocenters. The number of rotatable bonds is 15. The second-order valence-corrected chi connectivity index (χ2v) is 6.41. The standard InChI is InChI=1S/C19H39N/c1-4-5-6-7-8-9-10-11-12-13-14-15-16-17-18-19-20(2)3/h17-18H,4-16,19H2,1-3H3/b18-17+. The van der Waals surface area contributed by atoms with Crippen molar-refractivity contribution in [3.8, 4) is 0 Å². The molecule has 0 aliphatic rings. The molecule has 120 valence electrons. The second kappa shape index (κ2) is 16.8. The first-order valence-electron chi connectivity index (χ1n) is 9.07. The molecular weight excluding hydrogens is 242 g/mol. The Hall–Kier alpha value is -0.300. The monoisotopic (exact) mass is 281 g/mol. The smallest absolute Gasteiger partial charge is 0.0157 e. The third-order valence-corrected chi connectivity index (χ3v) is 3.86. The summed E-state index contributed by atoms with van der Waals surface area (Å²) in [4.78, 5) is 2.21. The fourth-order valence-electron chi connectivity index (χ4n) is 2.51. The van der Waals surface area contributed by atoms with Crippen LogP contribution in [0.5, 0.6) is 0 Å². The summed E-state index contributed by atoms with van der Waals surface area (Å²) in [7, 11) is 4.24. The molecule has 0 aromatic carbocycles. The van der Waals surface area contributed by atoms with Crippen LogP contribution in [0.4, 0.5) is 0 Å². The average Bonchev–Trinajstić information content (AvgIpc) is 2.43. The SMILES string of the molecule is CCCCCCCCCCCCCC/C=C/CN(C)C. The first-order valence-corrected chi connectivity index (χ1v) is 9.07. The molecule has 0 heterocycles. The van der Waals surface area contributed by atoms with Crippen LogP contribution >= 0.6 is 0 Å². The van der Waals surface area contributed by atoms with Gasteiger partial charge in [-0.25, -0.2) is 0 Å². The summed E-state index contributed by atoms with van der Waals surface area (Å²) >= 11 is 0. The summed E-state index contributed by atoms with van der Waals surface area (Å²) in [5.74, 6) is 0. The molecule has 0 aliphatic carbocycles. The first-order chi connectivity index (χ1) is 9.77. The molecule has 0 spiro atoms. The normalized spacial score (nSPS) is 11.8. The van der Waals surface area contributed by atoms with Gasteiger partial charge >= 0.3 is 0 Å². The lowest BCUT2D eigenvalue weighted by atomic mass is 10.0. The van der Waals surface area contributed by atoms with Gasteiger partial charge in [0.05, 0.1) is 0 Å². The van der Waals surface area contributed by atoms with E-state index in [1.54, 1.807) is 0 Å². The zero-order valence-electron chi connectivity index (χ0n) is 14.5. The van der Waals surface area contributed by atoms with Gasteiger partial charge in [0, 0.05) is 6.54 Å². The van der Waals surface area contributed by atoms with Crippen LogP contribution in [0.25, 0.3) is 0 Å². The minimum atomic E-state index is 1.08. The van der Waals surface area contributed by atoms with Crippen molar-refractivity contribution in [1.29, 1.82) is 0 Å². The summed E-state index contributed by atoms with van der Waals surface area (Å²) in [5.41, 5.74) is 0. The molecule has 0 N–H and O–H groups in total. The van der Waals surface area contributed by atoms with Crippen molar-refractivity contribution in [3.05, 3.63) is 12.2 Å². The molecule has 0 atom stereocenters. The van der Waals surface area contributed by atoms with Crippen LogP contribution in [0.2, 0.25) is 0 Å². The van der Waals surface area contributed by atoms with Gasteiger partial charge < -0.3 is 4.90 Å². The Morgan fingerprint density at radius 2 is 1.05 bits per heavy atom. The van der Waals surface area contributed by atoms with E-state index in [0.717, 1.165) is 6.54 Å². The number of unbranched alkanes of at least 4 members (excludes halogenated alkanes) is 12. The van der Waals surface area contributed by atoms with Gasteiger partial charge in [0.1, 0.15) is 0 Å². The highest BCUT2D eigenvalue weighted by Crippen LogP contribution is 2.12. The van der Waals surface area contributed by atoms with Crippen LogP contribution in [-0.2, 0) is 0 Å². The molecule has 0 saturated carbocycles. The van der Waals surface area contributed by atoms with Crippen LogP contribution in [0.15, 0.2) is 12.2 Å². The van der Waals surface area contributed by atoms with E-state index in [9.17, 15) is 0 Å². The van der Waals surface area contributed by atoms with Crippen molar-refractivity contribution in [3.63, 3.8) is 0 Å². The fourth-order valence-corrected chi connectivity index (χ4v) is 2.51. The van der Waals surface area contributed by atoms with Gasteiger partial charge in [-0.3, -0.25) is 0 Å². The Labute approximate surface area is 128 Å². The molecule has 0 aromatic heterocycles. The topological polar surface area (TPSA) is 3.24 Å². The van der Waals surface area contributed by atoms with Gasteiger partial charge in [0.25, 0.3) is 0 Å². The van der Waals surface area contributed by atoms with Crippen molar-refractivity contribution in [2.45, 2.75) is 90.4 Å². The molecule has 1 nitrogen and oxygen atoms in total. The summed E-state index contributed by atoms with van der Waals surface area (Å²) in [6, 6.07) is 0.